The van der Waals surface area contributed by atoms with Crippen molar-refractivity contribution >= 4 is 5.71 Å². The van der Waals surface area contributed by atoms with Crippen molar-refractivity contribution in [2.24, 2.45) is 4.99 Å². The van der Waals surface area contributed by atoms with E-state index in [4.69, 9.17) is 4.99 Å². The van der Waals surface area contributed by atoms with Crippen LogP contribution in [0.15, 0.2) is 101 Å². The second-order valence-electron chi connectivity index (χ2n) is 7.60. The van der Waals surface area contributed by atoms with Crippen LogP contribution in [-0.2, 0) is 0 Å². The molecule has 1 heterocycles. The van der Waals surface area contributed by atoms with Gasteiger partial charge in [0.1, 0.15) is 0 Å². The molecule has 0 fully saturated rings. The minimum absolute atomic E-state index is 0.113. The number of aliphatic imine (C=N–C) groups is 1. The van der Waals surface area contributed by atoms with E-state index in [9.17, 15) is 4.79 Å². The van der Waals surface area contributed by atoms with Crippen LogP contribution in [0.5, 0.6) is 0 Å². The van der Waals surface area contributed by atoms with Crippen LogP contribution in [0.3, 0.4) is 0 Å². The first-order valence-electron chi connectivity index (χ1n) is 10.4. The van der Waals surface area contributed by atoms with E-state index in [2.05, 4.69) is 10.00 Å². The van der Waals surface area contributed by atoms with Crippen LogP contribution < -0.4 is 5.56 Å². The average Bonchev–Trinajstić information content (AvgIpc) is 3.15. The van der Waals surface area contributed by atoms with Crippen molar-refractivity contribution in [2.75, 3.05) is 27.2 Å². The van der Waals surface area contributed by atoms with E-state index in [-0.39, 0.29) is 5.56 Å². The van der Waals surface area contributed by atoms with Gasteiger partial charge in [-0.15, -0.1) is 0 Å². The van der Waals surface area contributed by atoms with Crippen molar-refractivity contribution in [3.63, 3.8) is 0 Å². The topological polar surface area (TPSA) is 53.4 Å². The molecule has 1 N–H and O–H groups in total. The molecule has 156 valence electrons. The van der Waals surface area contributed by atoms with Crippen molar-refractivity contribution in [1.29, 1.82) is 0 Å². The van der Waals surface area contributed by atoms with Crippen molar-refractivity contribution in [3.05, 3.63) is 112 Å². The van der Waals surface area contributed by atoms with Gasteiger partial charge in [0.2, 0.25) is 0 Å². The Balaban J connectivity index is 1.95. The van der Waals surface area contributed by atoms with Crippen LogP contribution in [0.2, 0.25) is 0 Å². The van der Waals surface area contributed by atoms with Gasteiger partial charge in [-0.3, -0.25) is 14.9 Å². The van der Waals surface area contributed by atoms with Gasteiger partial charge >= 0.3 is 0 Å². The molecule has 4 rings (SSSR count). The summed E-state index contributed by atoms with van der Waals surface area (Å²) < 4.78 is 1.60. The van der Waals surface area contributed by atoms with Crippen LogP contribution in [-0.4, -0.2) is 47.6 Å². The van der Waals surface area contributed by atoms with Gasteiger partial charge in [0.05, 0.1) is 29.2 Å². The third-order valence-corrected chi connectivity index (χ3v) is 5.07. The predicted molar refractivity (Wildman–Crippen MR) is 127 cm³/mol. The zero-order valence-electron chi connectivity index (χ0n) is 17.8. The molecule has 0 aliphatic carbocycles. The van der Waals surface area contributed by atoms with Crippen LogP contribution in [0, 0.1) is 0 Å². The van der Waals surface area contributed by atoms with E-state index in [0.29, 0.717) is 17.8 Å². The highest BCUT2D eigenvalue weighted by Crippen LogP contribution is 2.23. The molecule has 0 spiro atoms. The number of likely N-dealkylation sites (N-methyl/N-ethyl adjacent to an activating group) is 1. The van der Waals surface area contributed by atoms with Gasteiger partial charge in [0.15, 0.2) is 0 Å². The van der Waals surface area contributed by atoms with E-state index in [1.807, 2.05) is 105 Å². The maximum Gasteiger partial charge on any atom is 0.281 e. The van der Waals surface area contributed by atoms with E-state index in [1.165, 1.54) is 0 Å². The minimum atomic E-state index is -0.113. The quantitative estimate of drug-likeness (QED) is 0.464. The first-order chi connectivity index (χ1) is 15.1. The molecule has 0 aliphatic rings. The second kappa shape index (κ2) is 9.41. The molecule has 0 atom stereocenters. The highest BCUT2D eigenvalue weighted by molar-refractivity contribution is 6.15. The highest BCUT2D eigenvalue weighted by atomic mass is 16.1. The van der Waals surface area contributed by atoms with E-state index in [0.717, 1.165) is 29.1 Å². The number of hydrogen-bond acceptors (Lipinski definition) is 3. The normalized spacial score (nSPS) is 11.8. The summed E-state index contributed by atoms with van der Waals surface area (Å²) >= 11 is 0. The Morgan fingerprint density at radius 1 is 0.871 bits per heavy atom. The summed E-state index contributed by atoms with van der Waals surface area (Å²) in [5.74, 6) is 0. The third-order valence-electron chi connectivity index (χ3n) is 5.07. The fourth-order valence-electron chi connectivity index (χ4n) is 3.50. The Kier molecular flexibility index (Phi) is 6.24. The number of H-pyrrole nitrogens is 1. The Bertz CT molecular complexity index is 1210. The number of para-hydroxylation sites is 1. The zero-order valence-corrected chi connectivity index (χ0v) is 17.8. The maximum absolute atomic E-state index is 13.7. The van der Waals surface area contributed by atoms with Crippen LogP contribution in [0.25, 0.3) is 16.9 Å². The SMILES string of the molecule is CN(C)CCN=C(c1ccccc1)c1c(-c2ccccc2)[nH]n(-c2ccccc2)c1=O. The second-order valence-corrected chi connectivity index (χ2v) is 7.60. The molecule has 0 radical (unpaired) electrons. The molecule has 4 aromatic rings. The van der Waals surface area contributed by atoms with Gasteiger partial charge in [-0.2, -0.15) is 0 Å². The van der Waals surface area contributed by atoms with Crippen LogP contribution >= 0.6 is 0 Å². The number of benzene rings is 3. The summed E-state index contributed by atoms with van der Waals surface area (Å²) in [4.78, 5) is 20.7. The summed E-state index contributed by atoms with van der Waals surface area (Å²) in [6.45, 7) is 1.40. The van der Waals surface area contributed by atoms with Gasteiger partial charge in [-0.1, -0.05) is 78.9 Å². The molecular weight excluding hydrogens is 384 g/mol. The standard InChI is InChI=1S/C26H26N4O/c1-29(2)19-18-27-24(20-12-6-3-7-13-20)23-25(21-14-8-4-9-15-21)28-30(26(23)31)22-16-10-5-11-17-22/h3-17,28H,18-19H2,1-2H3. The highest BCUT2D eigenvalue weighted by Gasteiger charge is 2.22. The summed E-state index contributed by atoms with van der Waals surface area (Å²) in [5, 5.41) is 3.34. The summed E-state index contributed by atoms with van der Waals surface area (Å²) in [6, 6.07) is 29.5. The largest absolute Gasteiger partial charge is 0.308 e. The smallest absolute Gasteiger partial charge is 0.281 e. The molecule has 5 nitrogen and oxygen atoms in total. The molecule has 0 amide bonds. The van der Waals surface area contributed by atoms with Crippen LogP contribution in [0.1, 0.15) is 11.1 Å². The molecule has 31 heavy (non-hydrogen) atoms. The van der Waals surface area contributed by atoms with Crippen molar-refractivity contribution in [1.82, 2.24) is 14.7 Å². The number of aromatic amines is 1. The van der Waals surface area contributed by atoms with E-state index in [1.54, 1.807) is 4.68 Å². The minimum Gasteiger partial charge on any atom is -0.308 e. The summed E-state index contributed by atoms with van der Waals surface area (Å²) in [6.07, 6.45) is 0. The molecule has 5 heteroatoms. The first kappa shape index (κ1) is 20.6. The lowest BCUT2D eigenvalue weighted by atomic mass is 9.99. The Hall–Kier alpha value is -3.70. The van der Waals surface area contributed by atoms with Gasteiger partial charge < -0.3 is 4.90 Å². The lowest BCUT2D eigenvalue weighted by molar-refractivity contribution is 0.420. The van der Waals surface area contributed by atoms with Crippen molar-refractivity contribution in [3.8, 4) is 16.9 Å². The van der Waals surface area contributed by atoms with Crippen LogP contribution in [0.4, 0.5) is 0 Å². The summed E-state index contributed by atoms with van der Waals surface area (Å²) in [5.41, 5.74) is 4.60. The van der Waals surface area contributed by atoms with E-state index < -0.39 is 0 Å². The van der Waals surface area contributed by atoms with Crippen molar-refractivity contribution < 1.29 is 0 Å². The predicted octanol–water partition coefficient (Wildman–Crippen LogP) is 4.23. The monoisotopic (exact) mass is 410 g/mol. The first-order valence-corrected chi connectivity index (χ1v) is 10.4. The maximum atomic E-state index is 13.7. The summed E-state index contributed by atoms with van der Waals surface area (Å²) in [7, 11) is 4.04. The molecule has 0 unspecified atom stereocenters. The lowest BCUT2D eigenvalue weighted by Crippen LogP contribution is -2.22. The number of aromatic nitrogens is 2. The number of rotatable bonds is 7. The molecule has 0 aliphatic heterocycles. The molecule has 3 aromatic carbocycles. The molecule has 0 bridgehead atoms. The van der Waals surface area contributed by atoms with Gasteiger partial charge in [-0.05, 0) is 26.2 Å². The van der Waals surface area contributed by atoms with Gasteiger partial charge in [0, 0.05) is 17.7 Å². The zero-order chi connectivity index (χ0) is 21.6. The lowest BCUT2D eigenvalue weighted by Gasteiger charge is -2.10. The molecule has 0 saturated carbocycles. The van der Waals surface area contributed by atoms with Gasteiger partial charge in [0.25, 0.3) is 5.56 Å². The number of nitrogens with one attached hydrogen (secondary N) is 1. The molecule has 0 saturated heterocycles. The molecular formula is C26H26N4O. The Morgan fingerprint density at radius 2 is 1.45 bits per heavy atom. The fourth-order valence-corrected chi connectivity index (χ4v) is 3.50. The van der Waals surface area contributed by atoms with E-state index >= 15 is 0 Å². The number of hydrogen-bond donors (Lipinski definition) is 1. The third kappa shape index (κ3) is 4.57. The Labute approximate surface area is 182 Å². The fraction of sp³-hybridized carbons (Fsp3) is 0.154. The van der Waals surface area contributed by atoms with Crippen molar-refractivity contribution in [2.45, 2.75) is 0 Å². The Morgan fingerprint density at radius 3 is 2.06 bits per heavy atom. The number of nitrogens with zero attached hydrogens (tertiary/aromatic N) is 3. The average molecular weight is 411 g/mol. The molecule has 1 aromatic heterocycles. The van der Waals surface area contributed by atoms with Gasteiger partial charge in [-0.25, -0.2) is 4.68 Å².